The van der Waals surface area contributed by atoms with Crippen molar-refractivity contribution in [2.24, 2.45) is 7.05 Å². The van der Waals surface area contributed by atoms with Crippen molar-refractivity contribution in [3.63, 3.8) is 0 Å². The Morgan fingerprint density at radius 3 is 2.48 bits per heavy atom. The molecule has 1 aliphatic rings. The molecule has 2 heterocycles. The lowest BCUT2D eigenvalue weighted by Gasteiger charge is -2.27. The van der Waals surface area contributed by atoms with Gasteiger partial charge in [0.25, 0.3) is 0 Å². The van der Waals surface area contributed by atoms with Crippen LogP contribution in [0.1, 0.15) is 39.9 Å². The summed E-state index contributed by atoms with van der Waals surface area (Å²) in [5, 5.41) is 12.3. The molecule has 0 spiro atoms. The Balaban J connectivity index is 1.72. The monoisotopic (exact) mass is 314 g/mol. The second-order valence-electron chi connectivity index (χ2n) is 7.47. The van der Waals surface area contributed by atoms with Crippen molar-refractivity contribution in [1.29, 1.82) is 0 Å². The Hall–Kier alpha value is -1.72. The van der Waals surface area contributed by atoms with Gasteiger partial charge >= 0.3 is 0 Å². The number of hydrogen-bond acceptors (Lipinski definition) is 4. The normalized spacial score (nSPS) is 22.4. The Bertz CT molecular complexity index is 676. The number of rotatable bonds is 4. The van der Waals surface area contributed by atoms with Gasteiger partial charge in [0.15, 0.2) is 5.82 Å². The van der Waals surface area contributed by atoms with Crippen LogP contribution in [-0.2, 0) is 18.3 Å². The quantitative estimate of drug-likeness (QED) is 0.943. The molecule has 1 atom stereocenters. The lowest BCUT2D eigenvalue weighted by Crippen LogP contribution is -2.43. The van der Waals surface area contributed by atoms with Crippen LogP contribution in [0.2, 0.25) is 0 Å². The van der Waals surface area contributed by atoms with Gasteiger partial charge in [-0.1, -0.05) is 30.3 Å². The molecule has 5 nitrogen and oxygen atoms in total. The predicted octanol–water partition coefficient (Wildman–Crippen LogP) is 2.92. The SMILES string of the molecule is Cn1c(CN[C@H]2CC(C)(C)OC2(C)C)nnc1-c1ccccc1. The minimum absolute atomic E-state index is 0.0871. The highest BCUT2D eigenvalue weighted by Gasteiger charge is 2.45. The lowest BCUT2D eigenvalue weighted by molar-refractivity contribution is -0.0699. The van der Waals surface area contributed by atoms with E-state index in [1.165, 1.54) is 0 Å². The summed E-state index contributed by atoms with van der Waals surface area (Å²) in [7, 11) is 2.01. The van der Waals surface area contributed by atoms with Crippen LogP contribution in [0, 0.1) is 0 Å². The van der Waals surface area contributed by atoms with Gasteiger partial charge in [-0.2, -0.15) is 0 Å². The molecule has 1 aliphatic heterocycles. The fraction of sp³-hybridized carbons (Fsp3) is 0.556. The molecular weight excluding hydrogens is 288 g/mol. The summed E-state index contributed by atoms with van der Waals surface area (Å²) in [6.45, 7) is 9.26. The molecule has 1 N–H and O–H groups in total. The summed E-state index contributed by atoms with van der Waals surface area (Å²) < 4.78 is 8.19. The summed E-state index contributed by atoms with van der Waals surface area (Å²) in [6, 6.07) is 10.4. The zero-order chi connectivity index (χ0) is 16.7. The first-order valence-electron chi connectivity index (χ1n) is 8.16. The second-order valence-corrected chi connectivity index (χ2v) is 7.47. The summed E-state index contributed by atoms with van der Waals surface area (Å²) in [6.07, 6.45) is 0.989. The Morgan fingerprint density at radius 1 is 1.17 bits per heavy atom. The van der Waals surface area contributed by atoms with Crippen LogP contribution in [0.25, 0.3) is 11.4 Å². The average Bonchev–Trinajstić information content (AvgIpc) is 2.93. The van der Waals surface area contributed by atoms with E-state index in [-0.39, 0.29) is 11.2 Å². The first-order chi connectivity index (χ1) is 10.8. The van der Waals surface area contributed by atoms with E-state index in [0.29, 0.717) is 12.6 Å². The maximum absolute atomic E-state index is 6.14. The molecule has 0 saturated carbocycles. The summed E-state index contributed by atoms with van der Waals surface area (Å²) in [4.78, 5) is 0. The van der Waals surface area contributed by atoms with Crippen LogP contribution >= 0.6 is 0 Å². The van der Waals surface area contributed by atoms with Crippen molar-refractivity contribution in [3.05, 3.63) is 36.2 Å². The molecule has 1 saturated heterocycles. The molecule has 0 radical (unpaired) electrons. The number of ether oxygens (including phenoxy) is 1. The molecule has 1 aromatic carbocycles. The number of nitrogens with one attached hydrogen (secondary N) is 1. The van der Waals surface area contributed by atoms with Crippen LogP contribution in [-0.4, -0.2) is 32.0 Å². The summed E-state index contributed by atoms with van der Waals surface area (Å²) in [5.41, 5.74) is 0.820. The predicted molar refractivity (Wildman–Crippen MR) is 90.9 cm³/mol. The summed E-state index contributed by atoms with van der Waals surface area (Å²) in [5.74, 6) is 1.83. The molecule has 0 aliphatic carbocycles. The van der Waals surface area contributed by atoms with E-state index in [1.807, 2.05) is 25.2 Å². The third-order valence-corrected chi connectivity index (χ3v) is 4.58. The van der Waals surface area contributed by atoms with Gasteiger partial charge in [-0.25, -0.2) is 0 Å². The van der Waals surface area contributed by atoms with E-state index < -0.39 is 0 Å². The zero-order valence-corrected chi connectivity index (χ0v) is 14.6. The van der Waals surface area contributed by atoms with Crippen LogP contribution in [0.4, 0.5) is 0 Å². The standard InChI is InChI=1S/C18H26N4O/c1-17(2)11-14(18(3,4)23-17)19-12-15-20-21-16(22(15)5)13-9-7-6-8-10-13/h6-10,14,19H,11-12H2,1-5H3/t14-/m0/s1. The highest BCUT2D eigenvalue weighted by Crippen LogP contribution is 2.37. The maximum Gasteiger partial charge on any atom is 0.163 e. The zero-order valence-electron chi connectivity index (χ0n) is 14.6. The molecule has 3 rings (SSSR count). The number of nitrogens with zero attached hydrogens (tertiary/aromatic N) is 3. The molecule has 124 valence electrons. The molecule has 0 unspecified atom stereocenters. The first-order valence-corrected chi connectivity index (χ1v) is 8.16. The van der Waals surface area contributed by atoms with Gasteiger partial charge in [0.2, 0.25) is 0 Å². The molecule has 0 bridgehead atoms. The highest BCUT2D eigenvalue weighted by atomic mass is 16.5. The van der Waals surface area contributed by atoms with Crippen molar-refractivity contribution in [3.8, 4) is 11.4 Å². The minimum Gasteiger partial charge on any atom is -0.368 e. The van der Waals surface area contributed by atoms with Gasteiger partial charge in [-0.3, -0.25) is 0 Å². The van der Waals surface area contributed by atoms with E-state index in [2.05, 4.69) is 59.9 Å². The topological polar surface area (TPSA) is 52.0 Å². The van der Waals surface area contributed by atoms with Gasteiger partial charge in [0.05, 0.1) is 17.7 Å². The van der Waals surface area contributed by atoms with Crippen LogP contribution in [0.15, 0.2) is 30.3 Å². The van der Waals surface area contributed by atoms with Crippen molar-refractivity contribution in [1.82, 2.24) is 20.1 Å². The largest absolute Gasteiger partial charge is 0.368 e. The minimum atomic E-state index is -0.176. The van der Waals surface area contributed by atoms with E-state index >= 15 is 0 Å². The van der Waals surface area contributed by atoms with Gasteiger partial charge in [0, 0.05) is 18.7 Å². The lowest BCUT2D eigenvalue weighted by atomic mass is 9.94. The van der Waals surface area contributed by atoms with Crippen LogP contribution in [0.3, 0.4) is 0 Å². The van der Waals surface area contributed by atoms with Gasteiger partial charge in [-0.15, -0.1) is 10.2 Å². The smallest absolute Gasteiger partial charge is 0.163 e. The second kappa shape index (κ2) is 5.73. The van der Waals surface area contributed by atoms with E-state index in [1.54, 1.807) is 0 Å². The molecule has 23 heavy (non-hydrogen) atoms. The van der Waals surface area contributed by atoms with E-state index in [0.717, 1.165) is 23.6 Å². The fourth-order valence-electron chi connectivity index (χ4n) is 3.45. The molecule has 1 fully saturated rings. The number of aromatic nitrogens is 3. The highest BCUT2D eigenvalue weighted by molar-refractivity contribution is 5.54. The average molecular weight is 314 g/mol. The molecule has 2 aromatic rings. The summed E-state index contributed by atoms with van der Waals surface area (Å²) >= 11 is 0. The van der Waals surface area contributed by atoms with Crippen molar-refractivity contribution in [2.45, 2.75) is 57.9 Å². The molecular formula is C18H26N4O. The molecule has 0 amide bonds. The van der Waals surface area contributed by atoms with Crippen LogP contribution in [0.5, 0.6) is 0 Å². The van der Waals surface area contributed by atoms with Gasteiger partial charge in [-0.05, 0) is 34.1 Å². The van der Waals surface area contributed by atoms with Crippen LogP contribution < -0.4 is 5.32 Å². The van der Waals surface area contributed by atoms with Gasteiger partial charge < -0.3 is 14.6 Å². The van der Waals surface area contributed by atoms with Crippen molar-refractivity contribution < 1.29 is 4.74 Å². The number of benzene rings is 1. The van der Waals surface area contributed by atoms with Crippen molar-refractivity contribution in [2.75, 3.05) is 0 Å². The maximum atomic E-state index is 6.14. The fourth-order valence-corrected chi connectivity index (χ4v) is 3.45. The van der Waals surface area contributed by atoms with E-state index in [4.69, 9.17) is 4.74 Å². The third kappa shape index (κ3) is 3.31. The van der Waals surface area contributed by atoms with Crippen molar-refractivity contribution >= 4 is 0 Å². The van der Waals surface area contributed by atoms with Gasteiger partial charge in [0.1, 0.15) is 5.82 Å². The van der Waals surface area contributed by atoms with E-state index in [9.17, 15) is 0 Å². The molecule has 1 aromatic heterocycles. The Morgan fingerprint density at radius 2 is 1.87 bits per heavy atom. The Labute approximate surface area is 138 Å². The number of hydrogen-bond donors (Lipinski definition) is 1. The molecule has 5 heteroatoms. The first kappa shape index (κ1) is 16.1. The Kier molecular flexibility index (Phi) is 4.02. The third-order valence-electron chi connectivity index (χ3n) is 4.58.